The summed E-state index contributed by atoms with van der Waals surface area (Å²) >= 11 is 0. The van der Waals surface area contributed by atoms with Gasteiger partial charge in [0, 0.05) is 11.8 Å². The van der Waals surface area contributed by atoms with E-state index in [-0.39, 0.29) is 16.8 Å². The summed E-state index contributed by atoms with van der Waals surface area (Å²) < 4.78 is 23.3. The molecule has 1 amide bonds. The van der Waals surface area contributed by atoms with Crippen LogP contribution in [-0.2, 0) is 22.7 Å². The Morgan fingerprint density at radius 2 is 1.76 bits per heavy atom. The van der Waals surface area contributed by atoms with Crippen molar-refractivity contribution in [3.05, 3.63) is 64.7 Å². The molecule has 3 rings (SSSR count). The van der Waals surface area contributed by atoms with Crippen molar-refractivity contribution >= 4 is 15.7 Å². The SMILES string of the molecule is CC(NC(=O)c1cccc(S(C)(=O)=O)c1)c1ccc2c(c1)CCCC2. The third-order valence-corrected chi connectivity index (χ3v) is 5.85. The molecule has 0 spiro atoms. The van der Waals surface area contributed by atoms with Gasteiger partial charge in [-0.2, -0.15) is 0 Å². The van der Waals surface area contributed by atoms with Crippen molar-refractivity contribution in [1.82, 2.24) is 5.32 Å². The largest absolute Gasteiger partial charge is 0.346 e. The highest BCUT2D eigenvalue weighted by Crippen LogP contribution is 2.25. The Bertz CT molecular complexity index is 903. The van der Waals surface area contributed by atoms with Crippen molar-refractivity contribution in [3.63, 3.8) is 0 Å². The van der Waals surface area contributed by atoms with E-state index in [4.69, 9.17) is 0 Å². The normalized spacial score (nSPS) is 15.3. The number of nitrogens with one attached hydrogen (secondary N) is 1. The Morgan fingerprint density at radius 3 is 2.48 bits per heavy atom. The zero-order chi connectivity index (χ0) is 18.0. The van der Waals surface area contributed by atoms with Crippen molar-refractivity contribution in [2.75, 3.05) is 6.26 Å². The molecule has 0 fully saturated rings. The van der Waals surface area contributed by atoms with E-state index < -0.39 is 9.84 Å². The van der Waals surface area contributed by atoms with E-state index in [1.54, 1.807) is 12.1 Å². The fourth-order valence-electron chi connectivity index (χ4n) is 3.25. The lowest BCUT2D eigenvalue weighted by Gasteiger charge is -2.20. The second-order valence-corrected chi connectivity index (χ2v) is 8.75. The number of hydrogen-bond donors (Lipinski definition) is 1. The fraction of sp³-hybridized carbons (Fsp3) is 0.350. The van der Waals surface area contributed by atoms with Gasteiger partial charge in [0.2, 0.25) is 0 Å². The van der Waals surface area contributed by atoms with Crippen LogP contribution in [-0.4, -0.2) is 20.6 Å². The number of carbonyl (C=O) groups is 1. The Balaban J connectivity index is 1.77. The molecular formula is C20H23NO3S. The average Bonchev–Trinajstić information content (AvgIpc) is 2.60. The predicted octanol–water partition coefficient (Wildman–Crippen LogP) is 3.46. The Kier molecular flexibility index (Phi) is 4.95. The summed E-state index contributed by atoms with van der Waals surface area (Å²) in [5.74, 6) is -0.268. The topological polar surface area (TPSA) is 63.2 Å². The van der Waals surface area contributed by atoms with Gasteiger partial charge in [0.1, 0.15) is 0 Å². The molecule has 0 saturated carbocycles. The number of amides is 1. The molecule has 0 aromatic heterocycles. The van der Waals surface area contributed by atoms with E-state index in [0.29, 0.717) is 5.56 Å². The molecule has 1 aliphatic rings. The Morgan fingerprint density at radius 1 is 1.04 bits per heavy atom. The van der Waals surface area contributed by atoms with Gasteiger partial charge in [0.05, 0.1) is 10.9 Å². The number of benzene rings is 2. The van der Waals surface area contributed by atoms with Crippen LogP contribution in [0.1, 0.15) is 52.9 Å². The van der Waals surface area contributed by atoms with E-state index in [9.17, 15) is 13.2 Å². The van der Waals surface area contributed by atoms with Crippen LogP contribution >= 0.6 is 0 Å². The van der Waals surface area contributed by atoms with Crippen LogP contribution in [0.4, 0.5) is 0 Å². The quantitative estimate of drug-likeness (QED) is 0.911. The van der Waals surface area contributed by atoms with Crippen molar-refractivity contribution in [2.45, 2.75) is 43.5 Å². The molecule has 0 radical (unpaired) electrons. The van der Waals surface area contributed by atoms with Crippen LogP contribution in [0.2, 0.25) is 0 Å². The third-order valence-electron chi connectivity index (χ3n) is 4.74. The van der Waals surface area contributed by atoms with E-state index in [2.05, 4.69) is 23.5 Å². The van der Waals surface area contributed by atoms with Crippen molar-refractivity contribution in [3.8, 4) is 0 Å². The Labute approximate surface area is 149 Å². The first-order chi connectivity index (χ1) is 11.8. The average molecular weight is 357 g/mol. The van der Waals surface area contributed by atoms with Gasteiger partial charge < -0.3 is 5.32 Å². The second kappa shape index (κ2) is 7.00. The zero-order valence-corrected chi connectivity index (χ0v) is 15.4. The summed E-state index contributed by atoms with van der Waals surface area (Å²) in [5.41, 5.74) is 4.22. The fourth-order valence-corrected chi connectivity index (χ4v) is 3.92. The monoisotopic (exact) mass is 357 g/mol. The van der Waals surface area contributed by atoms with E-state index >= 15 is 0 Å². The minimum atomic E-state index is -3.33. The molecule has 4 nitrogen and oxygen atoms in total. The molecule has 2 aromatic carbocycles. The molecule has 0 heterocycles. The van der Waals surface area contributed by atoms with Crippen LogP contribution in [0.15, 0.2) is 47.4 Å². The second-order valence-electron chi connectivity index (χ2n) is 6.73. The first kappa shape index (κ1) is 17.7. The highest BCUT2D eigenvalue weighted by Gasteiger charge is 2.16. The molecule has 25 heavy (non-hydrogen) atoms. The highest BCUT2D eigenvalue weighted by molar-refractivity contribution is 7.90. The molecular weight excluding hydrogens is 334 g/mol. The molecule has 1 N–H and O–H groups in total. The number of rotatable bonds is 4. The lowest BCUT2D eigenvalue weighted by molar-refractivity contribution is 0.0939. The Hall–Kier alpha value is -2.14. The third kappa shape index (κ3) is 4.10. The van der Waals surface area contributed by atoms with Crippen molar-refractivity contribution in [1.29, 1.82) is 0 Å². The van der Waals surface area contributed by atoms with E-state index in [1.807, 2.05) is 6.92 Å². The molecule has 1 aliphatic carbocycles. The molecule has 132 valence electrons. The minimum absolute atomic E-state index is 0.137. The van der Waals surface area contributed by atoms with Crippen LogP contribution in [0.3, 0.4) is 0 Å². The van der Waals surface area contributed by atoms with Gasteiger partial charge in [0.25, 0.3) is 5.91 Å². The number of sulfone groups is 1. The number of fused-ring (bicyclic) bond motifs is 1. The predicted molar refractivity (Wildman–Crippen MR) is 98.5 cm³/mol. The first-order valence-corrected chi connectivity index (χ1v) is 10.5. The lowest BCUT2D eigenvalue weighted by Crippen LogP contribution is -2.27. The van der Waals surface area contributed by atoms with Crippen LogP contribution in [0, 0.1) is 0 Å². The summed E-state index contributed by atoms with van der Waals surface area (Å²) in [6.07, 6.45) is 5.83. The van der Waals surface area contributed by atoms with E-state index in [0.717, 1.165) is 24.7 Å². The number of hydrogen-bond acceptors (Lipinski definition) is 3. The molecule has 0 aliphatic heterocycles. The highest BCUT2D eigenvalue weighted by atomic mass is 32.2. The van der Waals surface area contributed by atoms with Gasteiger partial charge in [-0.1, -0.05) is 24.3 Å². The summed E-state index contributed by atoms with van der Waals surface area (Å²) in [6, 6.07) is 12.4. The van der Waals surface area contributed by atoms with Crippen molar-refractivity contribution < 1.29 is 13.2 Å². The molecule has 2 aromatic rings. The summed E-state index contributed by atoms with van der Waals surface area (Å²) in [5, 5.41) is 2.96. The molecule has 1 unspecified atom stereocenters. The maximum atomic E-state index is 12.5. The summed E-state index contributed by atoms with van der Waals surface area (Å²) in [4.78, 5) is 12.6. The van der Waals surface area contributed by atoms with Gasteiger partial charge in [-0.05, 0) is 67.5 Å². The summed E-state index contributed by atoms with van der Waals surface area (Å²) in [6.45, 7) is 1.95. The van der Waals surface area contributed by atoms with Crippen LogP contribution < -0.4 is 5.32 Å². The molecule has 1 atom stereocenters. The van der Waals surface area contributed by atoms with Gasteiger partial charge in [0.15, 0.2) is 9.84 Å². The standard InChI is InChI=1S/C20H23NO3S/c1-14(16-11-10-15-6-3-4-7-17(15)12-16)21-20(22)18-8-5-9-19(13-18)25(2,23)24/h5,8-14H,3-4,6-7H2,1-2H3,(H,21,22). The minimum Gasteiger partial charge on any atom is -0.346 e. The smallest absolute Gasteiger partial charge is 0.251 e. The number of aryl methyl sites for hydroxylation is 2. The molecule has 0 bridgehead atoms. The van der Waals surface area contributed by atoms with Crippen LogP contribution in [0.5, 0.6) is 0 Å². The first-order valence-electron chi connectivity index (χ1n) is 8.57. The zero-order valence-electron chi connectivity index (χ0n) is 14.6. The van der Waals surface area contributed by atoms with E-state index in [1.165, 1.54) is 36.1 Å². The van der Waals surface area contributed by atoms with Gasteiger partial charge in [-0.3, -0.25) is 4.79 Å². The molecule has 0 saturated heterocycles. The summed E-state index contributed by atoms with van der Waals surface area (Å²) in [7, 11) is -3.33. The molecule has 5 heteroatoms. The maximum Gasteiger partial charge on any atom is 0.251 e. The maximum absolute atomic E-state index is 12.5. The van der Waals surface area contributed by atoms with Gasteiger partial charge >= 0.3 is 0 Å². The number of carbonyl (C=O) groups excluding carboxylic acids is 1. The van der Waals surface area contributed by atoms with Crippen molar-refractivity contribution in [2.24, 2.45) is 0 Å². The van der Waals surface area contributed by atoms with Crippen LogP contribution in [0.25, 0.3) is 0 Å². The van der Waals surface area contributed by atoms with Gasteiger partial charge in [-0.15, -0.1) is 0 Å². The lowest BCUT2D eigenvalue weighted by atomic mass is 9.89. The van der Waals surface area contributed by atoms with Gasteiger partial charge in [-0.25, -0.2) is 8.42 Å².